The molecule has 3 heteroatoms. The lowest BCUT2D eigenvalue weighted by atomic mass is 9.69. The van der Waals surface area contributed by atoms with Crippen LogP contribution in [-0.4, -0.2) is 9.97 Å². The van der Waals surface area contributed by atoms with Crippen LogP contribution in [0.2, 0.25) is 0 Å². The van der Waals surface area contributed by atoms with E-state index in [2.05, 4.69) is 229 Å². The van der Waals surface area contributed by atoms with Crippen molar-refractivity contribution in [2.45, 2.75) is 5.41 Å². The van der Waals surface area contributed by atoms with Gasteiger partial charge in [0.2, 0.25) is 0 Å². The summed E-state index contributed by atoms with van der Waals surface area (Å²) in [5, 5.41) is 3.56. The van der Waals surface area contributed by atoms with Crippen LogP contribution >= 0.6 is 0 Å². The summed E-state index contributed by atoms with van der Waals surface area (Å²) in [6.45, 7) is 0. The molecule has 1 spiro atoms. The third-order valence-corrected chi connectivity index (χ3v) is 14.0. The zero-order valence-corrected chi connectivity index (χ0v) is 34.7. The quantitative estimate of drug-likeness (QED) is 0.173. The molecule has 1 heterocycles. The number of rotatable bonds is 5. The molecule has 0 fully saturated rings. The molecule has 3 aliphatic rings. The minimum absolute atomic E-state index is 0.640. The average Bonchev–Trinajstić information content (AvgIpc) is 3.97. The smallest absolute Gasteiger partial charge is 0.161 e. The van der Waals surface area contributed by atoms with Gasteiger partial charge in [-0.15, -0.1) is 0 Å². The molecule has 64 heavy (non-hydrogen) atoms. The largest absolute Gasteiger partial charge is 0.310 e. The van der Waals surface area contributed by atoms with Gasteiger partial charge in [0.25, 0.3) is 0 Å². The SMILES string of the molecule is c1ccc(-c2nc(-c3c4c(cc5c3-c3ccccc3C53c5ccccc5-c5c(N(c6ccccc6)c6ccccc6)cccc53)-c3cccc5cccc-4c35)nc3ccccc23)cc1. The standard InChI is InChI=1S/C61H37N3/c1-4-19-39(20-5-1)59-45-29-12-15-35-52(45)62-60(63-59)58-55-46-31-17-22-38-21-16-30-42(54(38)46)47(55)37-51-57(58)44-28-11-14-33-49(44)61(51)48-32-13-10-27-43(48)56-50(61)34-18-36-53(56)64(40-23-6-2-7-24-40)41-25-8-3-9-26-41/h1-37H. The van der Waals surface area contributed by atoms with E-state index in [-0.39, 0.29) is 0 Å². The highest BCUT2D eigenvalue weighted by Crippen LogP contribution is 2.68. The van der Waals surface area contributed by atoms with Gasteiger partial charge in [-0.25, -0.2) is 9.97 Å². The van der Waals surface area contributed by atoms with Crippen LogP contribution in [0.4, 0.5) is 17.1 Å². The highest BCUT2D eigenvalue weighted by atomic mass is 15.1. The van der Waals surface area contributed by atoms with E-state index in [9.17, 15) is 0 Å². The maximum atomic E-state index is 5.69. The molecule has 0 radical (unpaired) electrons. The first-order valence-electron chi connectivity index (χ1n) is 22.1. The van der Waals surface area contributed by atoms with Crippen LogP contribution in [0, 0.1) is 0 Å². The van der Waals surface area contributed by atoms with E-state index in [0.29, 0.717) is 0 Å². The van der Waals surface area contributed by atoms with Gasteiger partial charge in [-0.3, -0.25) is 0 Å². The van der Waals surface area contributed by atoms with Gasteiger partial charge in [-0.05, 0) is 109 Å². The Morgan fingerprint density at radius 1 is 0.359 bits per heavy atom. The molecule has 11 aromatic rings. The van der Waals surface area contributed by atoms with E-state index in [1.54, 1.807) is 0 Å². The second kappa shape index (κ2) is 13.3. The monoisotopic (exact) mass is 811 g/mol. The second-order valence-corrected chi connectivity index (χ2v) is 17.1. The van der Waals surface area contributed by atoms with Gasteiger partial charge in [0.05, 0.1) is 22.3 Å². The summed E-state index contributed by atoms with van der Waals surface area (Å²) in [6, 6.07) is 81.9. The van der Waals surface area contributed by atoms with Crippen LogP contribution in [0.25, 0.3) is 88.8 Å². The number of fused-ring (bicyclic) bond motifs is 14. The third kappa shape index (κ3) is 4.65. The van der Waals surface area contributed by atoms with Crippen molar-refractivity contribution < 1.29 is 0 Å². The lowest BCUT2D eigenvalue weighted by Gasteiger charge is -2.32. The molecule has 0 amide bonds. The Morgan fingerprint density at radius 2 is 0.922 bits per heavy atom. The molecule has 0 aliphatic heterocycles. The molecular formula is C61H37N3. The van der Waals surface area contributed by atoms with E-state index in [0.717, 1.165) is 50.6 Å². The van der Waals surface area contributed by atoms with Crippen LogP contribution < -0.4 is 4.90 Å². The maximum Gasteiger partial charge on any atom is 0.161 e. The highest BCUT2D eigenvalue weighted by Gasteiger charge is 2.54. The van der Waals surface area contributed by atoms with Gasteiger partial charge < -0.3 is 4.90 Å². The minimum atomic E-state index is -0.640. The molecule has 296 valence electrons. The first-order valence-corrected chi connectivity index (χ1v) is 22.1. The van der Waals surface area contributed by atoms with Crippen molar-refractivity contribution in [3.05, 3.63) is 247 Å². The fourth-order valence-electron chi connectivity index (χ4n) is 11.6. The summed E-state index contributed by atoms with van der Waals surface area (Å²) in [7, 11) is 0. The number of hydrogen-bond acceptors (Lipinski definition) is 3. The van der Waals surface area contributed by atoms with Crippen LogP contribution in [-0.2, 0) is 5.41 Å². The molecule has 0 bridgehead atoms. The molecule has 1 aromatic heterocycles. The topological polar surface area (TPSA) is 29.0 Å². The van der Waals surface area contributed by atoms with Crippen molar-refractivity contribution in [1.82, 2.24) is 9.97 Å². The van der Waals surface area contributed by atoms with Crippen molar-refractivity contribution in [3.8, 4) is 67.2 Å². The Bertz CT molecular complexity index is 3680. The molecule has 14 rings (SSSR count). The Hall–Kier alpha value is -8.40. The van der Waals surface area contributed by atoms with Crippen molar-refractivity contribution >= 4 is 38.7 Å². The van der Waals surface area contributed by atoms with Crippen molar-refractivity contribution in [2.75, 3.05) is 4.90 Å². The number of para-hydroxylation sites is 3. The van der Waals surface area contributed by atoms with Crippen LogP contribution in [0.1, 0.15) is 22.3 Å². The van der Waals surface area contributed by atoms with Crippen molar-refractivity contribution in [3.63, 3.8) is 0 Å². The van der Waals surface area contributed by atoms with Crippen LogP contribution in [0.5, 0.6) is 0 Å². The van der Waals surface area contributed by atoms with Gasteiger partial charge >= 0.3 is 0 Å². The predicted molar refractivity (Wildman–Crippen MR) is 263 cm³/mol. The molecule has 3 nitrogen and oxygen atoms in total. The lowest BCUT2D eigenvalue weighted by molar-refractivity contribution is 0.794. The van der Waals surface area contributed by atoms with Gasteiger partial charge in [0.1, 0.15) is 0 Å². The summed E-state index contributed by atoms with van der Waals surface area (Å²) in [5.74, 6) is 0.738. The summed E-state index contributed by atoms with van der Waals surface area (Å²) >= 11 is 0. The van der Waals surface area contributed by atoms with Crippen LogP contribution in [0.3, 0.4) is 0 Å². The average molecular weight is 812 g/mol. The molecule has 0 N–H and O–H groups in total. The predicted octanol–water partition coefficient (Wildman–Crippen LogP) is 15.6. The van der Waals surface area contributed by atoms with E-state index in [1.165, 1.54) is 77.5 Å². The van der Waals surface area contributed by atoms with Crippen LogP contribution in [0.15, 0.2) is 224 Å². The first kappa shape index (κ1) is 35.2. The Kier molecular flexibility index (Phi) is 7.32. The fourth-order valence-corrected chi connectivity index (χ4v) is 11.6. The zero-order chi connectivity index (χ0) is 41.9. The van der Waals surface area contributed by atoms with Crippen molar-refractivity contribution in [2.24, 2.45) is 0 Å². The molecule has 0 saturated carbocycles. The molecule has 1 unspecified atom stereocenters. The first-order chi connectivity index (χ1) is 31.8. The number of hydrogen-bond donors (Lipinski definition) is 0. The summed E-state index contributed by atoms with van der Waals surface area (Å²) in [6.07, 6.45) is 0. The lowest BCUT2D eigenvalue weighted by Crippen LogP contribution is -2.26. The van der Waals surface area contributed by atoms with Gasteiger partial charge in [0.15, 0.2) is 5.82 Å². The summed E-state index contributed by atoms with van der Waals surface area (Å²) < 4.78 is 0. The van der Waals surface area contributed by atoms with E-state index in [1.807, 2.05) is 0 Å². The van der Waals surface area contributed by atoms with E-state index >= 15 is 0 Å². The number of anilines is 3. The molecule has 3 aliphatic carbocycles. The number of nitrogens with zero attached hydrogens (tertiary/aromatic N) is 3. The van der Waals surface area contributed by atoms with Gasteiger partial charge in [0, 0.05) is 39.0 Å². The third-order valence-electron chi connectivity index (χ3n) is 14.0. The molecule has 1 atom stereocenters. The number of benzene rings is 10. The van der Waals surface area contributed by atoms with Gasteiger partial charge in [-0.1, -0.05) is 182 Å². The summed E-state index contributed by atoms with van der Waals surface area (Å²) in [4.78, 5) is 13.7. The van der Waals surface area contributed by atoms with E-state index < -0.39 is 5.41 Å². The normalized spacial score (nSPS) is 14.6. The van der Waals surface area contributed by atoms with E-state index in [4.69, 9.17) is 9.97 Å². The van der Waals surface area contributed by atoms with Gasteiger partial charge in [-0.2, -0.15) is 0 Å². The minimum Gasteiger partial charge on any atom is -0.310 e. The number of aromatic nitrogens is 2. The van der Waals surface area contributed by atoms with Crippen molar-refractivity contribution in [1.29, 1.82) is 0 Å². The second-order valence-electron chi connectivity index (χ2n) is 17.1. The Morgan fingerprint density at radius 3 is 1.64 bits per heavy atom. The molecule has 0 saturated heterocycles. The Balaban J connectivity index is 1.15. The summed E-state index contributed by atoms with van der Waals surface area (Å²) in [5.41, 5.74) is 21.7. The zero-order valence-electron chi connectivity index (χ0n) is 34.7. The molecular weight excluding hydrogens is 775 g/mol. The highest BCUT2D eigenvalue weighted by molar-refractivity contribution is 6.21. The maximum absolute atomic E-state index is 5.69. The molecule has 10 aromatic carbocycles. The fraction of sp³-hybridized carbons (Fsp3) is 0.0164. The Labute approximate surface area is 371 Å².